The Morgan fingerprint density at radius 3 is 2.37 bits per heavy atom. The fraction of sp³-hybridized carbons (Fsp3) is 0.417. The van der Waals surface area contributed by atoms with Gasteiger partial charge in [0.25, 0.3) is 0 Å². The third-order valence-corrected chi connectivity index (χ3v) is 2.94. The Kier molecular flexibility index (Phi) is 4.13. The molecule has 4 atom stereocenters. The highest BCUT2D eigenvalue weighted by Gasteiger charge is 2.32. The SMILES string of the molecule is OC[C@@H](O)[C@@H](O)[C@@H](O)[C@H](O)c1nc2ccccc2[nH]1. The van der Waals surface area contributed by atoms with E-state index in [-0.39, 0.29) is 5.82 Å². The molecule has 0 saturated carbocycles. The number of aromatic amines is 1. The summed E-state index contributed by atoms with van der Waals surface area (Å²) in [6, 6.07) is 7.05. The number of benzene rings is 1. The molecule has 0 saturated heterocycles. The molecule has 0 aliphatic heterocycles. The van der Waals surface area contributed by atoms with Gasteiger partial charge in [0.2, 0.25) is 0 Å². The van der Waals surface area contributed by atoms with E-state index < -0.39 is 31.0 Å². The highest BCUT2D eigenvalue weighted by atomic mass is 16.4. The van der Waals surface area contributed by atoms with Crippen molar-refractivity contribution in [3.8, 4) is 0 Å². The van der Waals surface area contributed by atoms with Crippen molar-refractivity contribution in [2.75, 3.05) is 6.61 Å². The van der Waals surface area contributed by atoms with E-state index in [4.69, 9.17) is 5.11 Å². The normalized spacial score (nSPS) is 18.2. The van der Waals surface area contributed by atoms with Crippen molar-refractivity contribution in [1.29, 1.82) is 0 Å². The molecule has 1 heterocycles. The van der Waals surface area contributed by atoms with Crippen LogP contribution in [0.15, 0.2) is 24.3 Å². The lowest BCUT2D eigenvalue weighted by molar-refractivity contribution is -0.117. The Balaban J connectivity index is 2.20. The van der Waals surface area contributed by atoms with E-state index in [9.17, 15) is 20.4 Å². The summed E-state index contributed by atoms with van der Waals surface area (Å²) in [5, 5.41) is 47.1. The molecule has 0 amide bonds. The summed E-state index contributed by atoms with van der Waals surface area (Å²) < 4.78 is 0. The van der Waals surface area contributed by atoms with Gasteiger partial charge >= 0.3 is 0 Å². The largest absolute Gasteiger partial charge is 0.394 e. The third kappa shape index (κ3) is 2.75. The van der Waals surface area contributed by atoms with Gasteiger partial charge < -0.3 is 30.5 Å². The van der Waals surface area contributed by atoms with Crippen molar-refractivity contribution in [3.63, 3.8) is 0 Å². The van der Waals surface area contributed by atoms with Gasteiger partial charge in [-0.3, -0.25) is 0 Å². The van der Waals surface area contributed by atoms with Crippen molar-refractivity contribution in [2.45, 2.75) is 24.4 Å². The first-order valence-electron chi connectivity index (χ1n) is 5.82. The molecule has 0 fully saturated rings. The minimum absolute atomic E-state index is 0.0814. The van der Waals surface area contributed by atoms with Crippen LogP contribution in [0.5, 0.6) is 0 Å². The maximum Gasteiger partial charge on any atom is 0.140 e. The van der Waals surface area contributed by atoms with Gasteiger partial charge in [0.1, 0.15) is 30.2 Å². The van der Waals surface area contributed by atoms with Gasteiger partial charge in [-0.1, -0.05) is 12.1 Å². The molecule has 2 aromatic rings. The van der Waals surface area contributed by atoms with Gasteiger partial charge in [-0.25, -0.2) is 4.98 Å². The summed E-state index contributed by atoms with van der Waals surface area (Å²) in [6.45, 7) is -0.717. The average molecular weight is 268 g/mol. The molecule has 6 N–H and O–H groups in total. The van der Waals surface area contributed by atoms with Crippen molar-refractivity contribution < 1.29 is 25.5 Å². The number of rotatable bonds is 5. The van der Waals surface area contributed by atoms with E-state index in [1.807, 2.05) is 0 Å². The van der Waals surface area contributed by atoms with Gasteiger partial charge in [-0.15, -0.1) is 0 Å². The van der Waals surface area contributed by atoms with Crippen LogP contribution in [0.3, 0.4) is 0 Å². The first-order chi connectivity index (χ1) is 9.04. The molecule has 2 rings (SSSR count). The van der Waals surface area contributed by atoms with Crippen LogP contribution in [0.25, 0.3) is 11.0 Å². The second kappa shape index (κ2) is 5.64. The van der Waals surface area contributed by atoms with Crippen molar-refractivity contribution >= 4 is 11.0 Å². The van der Waals surface area contributed by atoms with Gasteiger partial charge in [-0.05, 0) is 12.1 Å². The molecule has 1 aromatic carbocycles. The number of fused-ring (bicyclic) bond motifs is 1. The summed E-state index contributed by atoms with van der Waals surface area (Å²) in [5.41, 5.74) is 1.29. The first kappa shape index (κ1) is 13.9. The molecule has 0 spiro atoms. The van der Waals surface area contributed by atoms with Gasteiger partial charge in [-0.2, -0.15) is 0 Å². The second-order valence-corrected chi connectivity index (χ2v) is 4.32. The van der Waals surface area contributed by atoms with E-state index in [2.05, 4.69) is 9.97 Å². The van der Waals surface area contributed by atoms with Gasteiger partial charge in [0.05, 0.1) is 17.6 Å². The van der Waals surface area contributed by atoms with Crippen LogP contribution in [-0.4, -0.2) is 60.4 Å². The fourth-order valence-corrected chi connectivity index (χ4v) is 1.80. The zero-order chi connectivity index (χ0) is 14.0. The summed E-state index contributed by atoms with van der Waals surface area (Å²) in [5.74, 6) is 0.0814. The Hall–Kier alpha value is -1.51. The van der Waals surface area contributed by atoms with Crippen LogP contribution < -0.4 is 0 Å². The maximum absolute atomic E-state index is 9.91. The minimum Gasteiger partial charge on any atom is -0.394 e. The number of para-hydroxylation sites is 2. The van der Waals surface area contributed by atoms with E-state index in [1.165, 1.54) is 0 Å². The van der Waals surface area contributed by atoms with Crippen LogP contribution >= 0.6 is 0 Å². The molecule has 0 aliphatic carbocycles. The fourth-order valence-electron chi connectivity index (χ4n) is 1.80. The molecule has 7 heteroatoms. The van der Waals surface area contributed by atoms with Gasteiger partial charge in [0.15, 0.2) is 0 Å². The van der Waals surface area contributed by atoms with E-state index >= 15 is 0 Å². The van der Waals surface area contributed by atoms with Crippen LogP contribution in [0.1, 0.15) is 11.9 Å². The molecule has 0 bridgehead atoms. The molecule has 104 valence electrons. The summed E-state index contributed by atoms with van der Waals surface area (Å²) in [6.07, 6.45) is -6.37. The minimum atomic E-state index is -1.67. The average Bonchev–Trinajstić information content (AvgIpc) is 2.87. The third-order valence-electron chi connectivity index (χ3n) is 2.94. The van der Waals surface area contributed by atoms with Crippen LogP contribution in [-0.2, 0) is 0 Å². The quantitative estimate of drug-likeness (QED) is 0.398. The van der Waals surface area contributed by atoms with Crippen molar-refractivity contribution in [1.82, 2.24) is 9.97 Å². The number of aromatic nitrogens is 2. The molecule has 0 unspecified atom stereocenters. The number of nitrogens with one attached hydrogen (secondary N) is 1. The zero-order valence-corrected chi connectivity index (χ0v) is 10.0. The lowest BCUT2D eigenvalue weighted by Gasteiger charge is -2.24. The van der Waals surface area contributed by atoms with E-state index in [0.29, 0.717) is 11.0 Å². The van der Waals surface area contributed by atoms with E-state index in [0.717, 1.165) is 0 Å². The van der Waals surface area contributed by atoms with Gasteiger partial charge in [0, 0.05) is 0 Å². The monoisotopic (exact) mass is 268 g/mol. The lowest BCUT2D eigenvalue weighted by atomic mass is 10.0. The maximum atomic E-state index is 9.91. The topological polar surface area (TPSA) is 130 Å². The lowest BCUT2D eigenvalue weighted by Crippen LogP contribution is -2.42. The number of hydrogen-bond acceptors (Lipinski definition) is 6. The Bertz CT molecular complexity index is 511. The number of H-pyrrole nitrogens is 1. The van der Waals surface area contributed by atoms with Crippen LogP contribution in [0.4, 0.5) is 0 Å². The number of aliphatic hydroxyl groups is 5. The predicted octanol–water partition coefficient (Wildman–Crippen LogP) is -1.33. The molecular formula is C12H16N2O5. The van der Waals surface area contributed by atoms with E-state index in [1.54, 1.807) is 24.3 Å². The summed E-state index contributed by atoms with van der Waals surface area (Å²) >= 11 is 0. The van der Waals surface area contributed by atoms with Crippen LogP contribution in [0, 0.1) is 0 Å². The van der Waals surface area contributed by atoms with Crippen molar-refractivity contribution in [3.05, 3.63) is 30.1 Å². The molecular weight excluding hydrogens is 252 g/mol. The molecule has 1 aromatic heterocycles. The highest BCUT2D eigenvalue weighted by molar-refractivity contribution is 5.74. The highest BCUT2D eigenvalue weighted by Crippen LogP contribution is 2.21. The summed E-state index contributed by atoms with van der Waals surface area (Å²) in [7, 11) is 0. The zero-order valence-electron chi connectivity index (χ0n) is 10.0. The Morgan fingerprint density at radius 2 is 1.74 bits per heavy atom. The first-order valence-corrected chi connectivity index (χ1v) is 5.82. The Morgan fingerprint density at radius 1 is 1.05 bits per heavy atom. The second-order valence-electron chi connectivity index (χ2n) is 4.32. The summed E-state index contributed by atoms with van der Waals surface area (Å²) in [4.78, 5) is 6.89. The standard InChI is InChI=1S/C12H16N2O5/c15-5-8(16)9(17)10(18)11(19)12-13-6-3-1-2-4-7(6)14-12/h1-4,8-11,15-19H,5H2,(H,13,14)/t8-,9-,10-,11+/m1/s1. The molecule has 19 heavy (non-hydrogen) atoms. The smallest absolute Gasteiger partial charge is 0.140 e. The number of nitrogens with zero attached hydrogens (tertiary/aromatic N) is 1. The van der Waals surface area contributed by atoms with Crippen molar-refractivity contribution in [2.24, 2.45) is 0 Å². The number of imidazole rings is 1. The predicted molar refractivity (Wildman–Crippen MR) is 66.2 cm³/mol. The van der Waals surface area contributed by atoms with Crippen LogP contribution in [0.2, 0.25) is 0 Å². The molecule has 0 radical (unpaired) electrons. The Labute approximate surface area is 108 Å². The molecule has 7 nitrogen and oxygen atoms in total. The number of hydrogen-bond donors (Lipinski definition) is 6. The number of aliphatic hydroxyl groups excluding tert-OH is 5. The molecule has 0 aliphatic rings.